The Balaban J connectivity index is 2.20. The van der Waals surface area contributed by atoms with Crippen molar-refractivity contribution in [1.82, 2.24) is 4.98 Å². The summed E-state index contributed by atoms with van der Waals surface area (Å²) in [6.07, 6.45) is 1.19. The van der Waals surface area contributed by atoms with Gasteiger partial charge in [0.15, 0.2) is 5.58 Å². The van der Waals surface area contributed by atoms with Crippen LogP contribution >= 0.6 is 0 Å². The molecule has 1 unspecified atom stereocenters. The molecule has 0 spiro atoms. The second-order valence-electron chi connectivity index (χ2n) is 4.76. The van der Waals surface area contributed by atoms with Gasteiger partial charge in [0.05, 0.1) is 11.6 Å². The van der Waals surface area contributed by atoms with Crippen LogP contribution in [-0.2, 0) is 0 Å². The van der Waals surface area contributed by atoms with Gasteiger partial charge in [0.2, 0.25) is 0 Å². The van der Waals surface area contributed by atoms with E-state index < -0.39 is 11.9 Å². The summed E-state index contributed by atoms with van der Waals surface area (Å²) in [5.41, 5.74) is 1.95. The summed E-state index contributed by atoms with van der Waals surface area (Å²) in [5.74, 6) is 0.104. The van der Waals surface area contributed by atoms with Gasteiger partial charge in [-0.1, -0.05) is 19.9 Å². The van der Waals surface area contributed by atoms with Gasteiger partial charge in [-0.3, -0.25) is 4.98 Å². The number of benzene rings is 1. The molecule has 0 radical (unpaired) electrons. The highest BCUT2D eigenvalue weighted by Gasteiger charge is 2.10. The Morgan fingerprint density at radius 1 is 1.35 bits per heavy atom. The van der Waals surface area contributed by atoms with Crippen LogP contribution in [0.15, 0.2) is 27.4 Å². The number of aromatic amines is 1. The number of oxazole rings is 1. The quantitative estimate of drug-likeness (QED) is 0.856. The third-order valence-electron chi connectivity index (χ3n) is 2.85. The molecule has 0 saturated carbocycles. The van der Waals surface area contributed by atoms with Crippen molar-refractivity contribution in [2.75, 3.05) is 0 Å². The van der Waals surface area contributed by atoms with E-state index in [1.807, 2.05) is 6.07 Å². The molecular weight excluding hydrogens is 218 g/mol. The molecule has 1 atom stereocenters. The standard InChI is InChI=1S/C13H17NO3/c1-8(2)3-6-11(15)9-4-5-10-12(7-9)17-13(16)14-10/h4-5,7-8,11,15H,3,6H2,1-2H3,(H,14,16). The smallest absolute Gasteiger partial charge is 0.408 e. The van der Waals surface area contributed by atoms with Crippen molar-refractivity contribution in [3.63, 3.8) is 0 Å². The molecule has 0 aliphatic carbocycles. The number of nitrogens with one attached hydrogen (secondary N) is 1. The molecule has 0 aliphatic rings. The molecule has 4 heteroatoms. The van der Waals surface area contributed by atoms with Crippen LogP contribution < -0.4 is 5.76 Å². The Hall–Kier alpha value is -1.55. The summed E-state index contributed by atoms with van der Waals surface area (Å²) in [6.45, 7) is 4.25. The summed E-state index contributed by atoms with van der Waals surface area (Å²) in [6, 6.07) is 5.30. The van der Waals surface area contributed by atoms with Crippen molar-refractivity contribution in [3.8, 4) is 0 Å². The minimum Gasteiger partial charge on any atom is -0.408 e. The Kier molecular flexibility index (Phi) is 3.33. The first-order valence-electron chi connectivity index (χ1n) is 5.87. The highest BCUT2D eigenvalue weighted by molar-refractivity contribution is 5.72. The average molecular weight is 235 g/mol. The molecule has 4 nitrogen and oxygen atoms in total. The van der Waals surface area contributed by atoms with Crippen molar-refractivity contribution in [2.45, 2.75) is 32.8 Å². The first-order chi connectivity index (χ1) is 8.06. The summed E-state index contributed by atoms with van der Waals surface area (Å²) in [7, 11) is 0. The van der Waals surface area contributed by atoms with Gasteiger partial charge < -0.3 is 9.52 Å². The Labute approximate surface area is 99.3 Å². The van der Waals surface area contributed by atoms with E-state index >= 15 is 0 Å². The molecule has 0 fully saturated rings. The van der Waals surface area contributed by atoms with E-state index in [-0.39, 0.29) is 0 Å². The van der Waals surface area contributed by atoms with Gasteiger partial charge in [-0.05, 0) is 36.5 Å². The maximum absolute atomic E-state index is 11.0. The summed E-state index contributed by atoms with van der Waals surface area (Å²) < 4.78 is 4.96. The number of hydrogen-bond acceptors (Lipinski definition) is 3. The van der Waals surface area contributed by atoms with Crippen LogP contribution in [-0.4, -0.2) is 10.1 Å². The number of hydrogen-bond donors (Lipinski definition) is 2. The van der Waals surface area contributed by atoms with Gasteiger partial charge in [0.25, 0.3) is 0 Å². The zero-order valence-corrected chi connectivity index (χ0v) is 10.1. The van der Waals surface area contributed by atoms with E-state index in [1.54, 1.807) is 12.1 Å². The number of fused-ring (bicyclic) bond motifs is 1. The lowest BCUT2D eigenvalue weighted by atomic mass is 10.00. The molecule has 1 aromatic heterocycles. The lowest BCUT2D eigenvalue weighted by molar-refractivity contribution is 0.159. The average Bonchev–Trinajstić information content (AvgIpc) is 2.64. The predicted molar refractivity (Wildman–Crippen MR) is 65.9 cm³/mol. The van der Waals surface area contributed by atoms with E-state index in [9.17, 15) is 9.90 Å². The lowest BCUT2D eigenvalue weighted by Crippen LogP contribution is -1.99. The third kappa shape index (κ3) is 2.77. The second-order valence-corrected chi connectivity index (χ2v) is 4.76. The van der Waals surface area contributed by atoms with Gasteiger partial charge in [-0.25, -0.2) is 4.79 Å². The van der Waals surface area contributed by atoms with Crippen LogP contribution in [0.4, 0.5) is 0 Å². The summed E-state index contributed by atoms with van der Waals surface area (Å²) in [5, 5.41) is 10.0. The zero-order valence-electron chi connectivity index (χ0n) is 10.1. The number of aliphatic hydroxyl groups is 1. The van der Waals surface area contributed by atoms with E-state index in [2.05, 4.69) is 18.8 Å². The molecule has 0 aliphatic heterocycles. The molecule has 17 heavy (non-hydrogen) atoms. The van der Waals surface area contributed by atoms with E-state index in [0.717, 1.165) is 18.4 Å². The maximum atomic E-state index is 11.0. The van der Waals surface area contributed by atoms with Crippen molar-refractivity contribution in [3.05, 3.63) is 34.3 Å². The van der Waals surface area contributed by atoms with E-state index in [1.165, 1.54) is 0 Å². The van der Waals surface area contributed by atoms with E-state index in [0.29, 0.717) is 17.0 Å². The van der Waals surface area contributed by atoms with Crippen molar-refractivity contribution in [1.29, 1.82) is 0 Å². The van der Waals surface area contributed by atoms with Crippen LogP contribution in [0.2, 0.25) is 0 Å². The van der Waals surface area contributed by atoms with Gasteiger partial charge in [0, 0.05) is 0 Å². The minimum absolute atomic E-state index is 0.464. The summed E-state index contributed by atoms with van der Waals surface area (Å²) >= 11 is 0. The number of rotatable bonds is 4. The Morgan fingerprint density at radius 2 is 2.12 bits per heavy atom. The number of H-pyrrole nitrogens is 1. The summed E-state index contributed by atoms with van der Waals surface area (Å²) in [4.78, 5) is 13.6. The van der Waals surface area contributed by atoms with Crippen LogP contribution in [0.25, 0.3) is 11.1 Å². The molecule has 92 valence electrons. The second kappa shape index (κ2) is 4.75. The number of aromatic nitrogens is 1. The van der Waals surface area contributed by atoms with Crippen molar-refractivity contribution in [2.24, 2.45) is 5.92 Å². The van der Waals surface area contributed by atoms with Crippen molar-refractivity contribution >= 4 is 11.1 Å². The molecule has 2 aromatic rings. The molecule has 2 rings (SSSR count). The molecule has 0 amide bonds. The third-order valence-corrected chi connectivity index (χ3v) is 2.85. The predicted octanol–water partition coefficient (Wildman–Crippen LogP) is 2.59. The molecule has 1 heterocycles. The molecule has 0 saturated heterocycles. The molecule has 1 aromatic carbocycles. The fourth-order valence-electron chi connectivity index (χ4n) is 1.83. The Morgan fingerprint density at radius 3 is 2.82 bits per heavy atom. The normalized spacial score (nSPS) is 13.4. The lowest BCUT2D eigenvalue weighted by Gasteiger charge is -2.12. The first kappa shape index (κ1) is 11.9. The van der Waals surface area contributed by atoms with Gasteiger partial charge >= 0.3 is 5.76 Å². The molecule has 2 N–H and O–H groups in total. The first-order valence-corrected chi connectivity index (χ1v) is 5.87. The monoisotopic (exact) mass is 235 g/mol. The highest BCUT2D eigenvalue weighted by Crippen LogP contribution is 2.23. The van der Waals surface area contributed by atoms with Crippen molar-refractivity contribution < 1.29 is 9.52 Å². The molecule has 0 bridgehead atoms. The SMILES string of the molecule is CC(C)CCC(O)c1ccc2[nH]c(=O)oc2c1. The zero-order chi connectivity index (χ0) is 12.4. The fourth-order valence-corrected chi connectivity index (χ4v) is 1.83. The minimum atomic E-state index is -0.498. The van der Waals surface area contributed by atoms with Gasteiger partial charge in [0.1, 0.15) is 0 Å². The Bertz CT molecular complexity index is 553. The van der Waals surface area contributed by atoms with E-state index in [4.69, 9.17) is 4.42 Å². The molecular formula is C13H17NO3. The van der Waals surface area contributed by atoms with Gasteiger partial charge in [-0.15, -0.1) is 0 Å². The highest BCUT2D eigenvalue weighted by atomic mass is 16.4. The van der Waals surface area contributed by atoms with Crippen LogP contribution in [0, 0.1) is 5.92 Å². The largest absolute Gasteiger partial charge is 0.417 e. The fraction of sp³-hybridized carbons (Fsp3) is 0.462. The van der Waals surface area contributed by atoms with Crippen LogP contribution in [0.3, 0.4) is 0 Å². The maximum Gasteiger partial charge on any atom is 0.417 e. The van der Waals surface area contributed by atoms with Crippen LogP contribution in [0.1, 0.15) is 38.4 Å². The number of aliphatic hydroxyl groups excluding tert-OH is 1. The van der Waals surface area contributed by atoms with Gasteiger partial charge in [-0.2, -0.15) is 0 Å². The van der Waals surface area contributed by atoms with Crippen LogP contribution in [0.5, 0.6) is 0 Å². The topological polar surface area (TPSA) is 66.2 Å².